The van der Waals surface area contributed by atoms with Crippen LogP contribution in [0.4, 0.5) is 0 Å². The van der Waals surface area contributed by atoms with Gasteiger partial charge in [-0.1, -0.05) is 18.2 Å². The van der Waals surface area contributed by atoms with Gasteiger partial charge in [-0.25, -0.2) is 16.8 Å². The van der Waals surface area contributed by atoms with Crippen LogP contribution in [0.2, 0.25) is 0 Å². The van der Waals surface area contributed by atoms with Gasteiger partial charge in [0.15, 0.2) is 9.84 Å². The molecule has 0 bridgehead atoms. The van der Waals surface area contributed by atoms with E-state index < -0.39 is 25.9 Å². The van der Waals surface area contributed by atoms with Crippen LogP contribution in [0.3, 0.4) is 0 Å². The van der Waals surface area contributed by atoms with Crippen molar-refractivity contribution in [2.45, 2.75) is 25.6 Å². The monoisotopic (exact) mass is 388 g/mol. The Kier molecular flexibility index (Phi) is 5.11. The van der Waals surface area contributed by atoms with Gasteiger partial charge in [-0.3, -0.25) is 4.90 Å². The van der Waals surface area contributed by atoms with Gasteiger partial charge in [0.1, 0.15) is 5.75 Å². The Bertz CT molecular complexity index is 838. The van der Waals surface area contributed by atoms with E-state index in [1.165, 1.54) is 4.31 Å². The molecule has 2 saturated heterocycles. The summed E-state index contributed by atoms with van der Waals surface area (Å²) < 4.78 is 55.4. The molecule has 2 atom stereocenters. The number of hydrogen-bond acceptors (Lipinski definition) is 6. The van der Waals surface area contributed by atoms with Gasteiger partial charge in [0.05, 0.1) is 30.4 Å². The maximum atomic E-state index is 12.2. The lowest BCUT2D eigenvalue weighted by Crippen LogP contribution is -2.59. The van der Waals surface area contributed by atoms with Crippen molar-refractivity contribution in [3.05, 3.63) is 29.8 Å². The molecule has 140 valence electrons. The minimum atomic E-state index is -3.43. The van der Waals surface area contributed by atoms with Gasteiger partial charge < -0.3 is 4.74 Å². The predicted octanol–water partition coefficient (Wildman–Crippen LogP) is 0.328. The van der Waals surface area contributed by atoms with Crippen LogP contribution in [0.1, 0.15) is 12.5 Å². The largest absolute Gasteiger partial charge is 0.494 e. The van der Waals surface area contributed by atoms with Gasteiger partial charge >= 0.3 is 0 Å². The van der Waals surface area contributed by atoms with Gasteiger partial charge in [0.2, 0.25) is 10.0 Å². The van der Waals surface area contributed by atoms with Gasteiger partial charge in [-0.15, -0.1) is 0 Å². The molecule has 0 amide bonds. The molecule has 0 aliphatic carbocycles. The number of fused-ring (bicyclic) bond motifs is 1. The second-order valence-corrected chi connectivity index (χ2v) is 10.7. The average molecular weight is 389 g/mol. The molecule has 25 heavy (non-hydrogen) atoms. The molecular formula is C16H24N2O5S2. The van der Waals surface area contributed by atoms with Crippen LogP contribution in [0.5, 0.6) is 5.75 Å². The number of sulfonamides is 1. The number of piperazine rings is 1. The molecular weight excluding hydrogens is 364 g/mol. The molecule has 1 aromatic carbocycles. The molecule has 3 rings (SSSR count). The average Bonchev–Trinajstić information content (AvgIpc) is 2.83. The number of para-hydroxylation sites is 1. The SMILES string of the molecule is CCOc1ccccc1CN1CCN(S(C)(=O)=O)[C@@H]2CS(=O)(=O)C[C@@H]21. The van der Waals surface area contributed by atoms with Crippen molar-refractivity contribution in [2.75, 3.05) is 37.5 Å². The molecule has 2 fully saturated rings. The van der Waals surface area contributed by atoms with E-state index in [1.807, 2.05) is 31.2 Å². The highest BCUT2D eigenvalue weighted by Gasteiger charge is 2.49. The second-order valence-electron chi connectivity index (χ2n) is 6.60. The van der Waals surface area contributed by atoms with Crippen molar-refractivity contribution in [3.63, 3.8) is 0 Å². The summed E-state index contributed by atoms with van der Waals surface area (Å²) in [6.45, 7) is 3.83. The number of ether oxygens (including phenoxy) is 1. The molecule has 0 radical (unpaired) electrons. The first kappa shape index (κ1) is 18.6. The van der Waals surface area contributed by atoms with Gasteiger partial charge in [0.25, 0.3) is 0 Å². The van der Waals surface area contributed by atoms with Crippen LogP contribution in [-0.2, 0) is 26.4 Å². The summed E-state index contributed by atoms with van der Waals surface area (Å²) in [5.41, 5.74) is 0.986. The van der Waals surface area contributed by atoms with E-state index in [4.69, 9.17) is 4.74 Å². The van der Waals surface area contributed by atoms with Crippen LogP contribution in [-0.4, -0.2) is 75.6 Å². The lowest BCUT2D eigenvalue weighted by Gasteiger charge is -2.42. The Morgan fingerprint density at radius 2 is 1.84 bits per heavy atom. The smallest absolute Gasteiger partial charge is 0.211 e. The van der Waals surface area contributed by atoms with E-state index in [0.29, 0.717) is 26.2 Å². The van der Waals surface area contributed by atoms with Crippen LogP contribution in [0.25, 0.3) is 0 Å². The fourth-order valence-corrected chi connectivity index (χ4v) is 6.98. The maximum Gasteiger partial charge on any atom is 0.211 e. The molecule has 1 aromatic rings. The molecule has 0 N–H and O–H groups in total. The number of benzene rings is 1. The second kappa shape index (κ2) is 6.86. The van der Waals surface area contributed by atoms with E-state index in [-0.39, 0.29) is 17.5 Å². The Morgan fingerprint density at radius 1 is 1.16 bits per heavy atom. The van der Waals surface area contributed by atoms with Crippen LogP contribution in [0.15, 0.2) is 24.3 Å². The van der Waals surface area contributed by atoms with Crippen LogP contribution < -0.4 is 4.74 Å². The standard InChI is InChI=1S/C16H24N2O5S2/c1-3-23-16-7-5-4-6-13(16)10-17-8-9-18(24(2,19)20)15-12-25(21,22)11-14(15)17/h4-7,14-15H,3,8-12H2,1-2H3/t14-,15+/m0/s1. The van der Waals surface area contributed by atoms with Gasteiger partial charge in [0, 0.05) is 31.2 Å². The molecule has 0 spiro atoms. The quantitative estimate of drug-likeness (QED) is 0.723. The number of sulfone groups is 1. The minimum Gasteiger partial charge on any atom is -0.494 e. The Morgan fingerprint density at radius 3 is 2.52 bits per heavy atom. The van der Waals surface area contributed by atoms with Crippen molar-refractivity contribution < 1.29 is 21.6 Å². The maximum absolute atomic E-state index is 12.2. The van der Waals surface area contributed by atoms with Crippen molar-refractivity contribution in [3.8, 4) is 5.75 Å². The molecule has 0 saturated carbocycles. The fraction of sp³-hybridized carbons (Fsp3) is 0.625. The molecule has 2 aliphatic heterocycles. The number of hydrogen-bond donors (Lipinski definition) is 0. The lowest BCUT2D eigenvalue weighted by molar-refractivity contribution is 0.0886. The van der Waals surface area contributed by atoms with E-state index >= 15 is 0 Å². The van der Waals surface area contributed by atoms with Crippen molar-refractivity contribution in [2.24, 2.45) is 0 Å². The highest BCUT2D eigenvalue weighted by Crippen LogP contribution is 2.31. The molecule has 0 unspecified atom stereocenters. The van der Waals surface area contributed by atoms with Crippen molar-refractivity contribution in [1.82, 2.24) is 9.21 Å². The van der Waals surface area contributed by atoms with Crippen LogP contribution >= 0.6 is 0 Å². The van der Waals surface area contributed by atoms with E-state index in [2.05, 4.69) is 4.90 Å². The Labute approximate surface area is 149 Å². The molecule has 7 nitrogen and oxygen atoms in total. The molecule has 2 aliphatic rings. The number of rotatable bonds is 5. The highest BCUT2D eigenvalue weighted by molar-refractivity contribution is 7.92. The lowest BCUT2D eigenvalue weighted by atomic mass is 10.1. The normalized spacial score (nSPS) is 27.1. The van der Waals surface area contributed by atoms with Crippen molar-refractivity contribution in [1.29, 1.82) is 0 Å². The fourth-order valence-electron chi connectivity index (χ4n) is 3.75. The highest BCUT2D eigenvalue weighted by atomic mass is 32.2. The summed E-state index contributed by atoms with van der Waals surface area (Å²) >= 11 is 0. The third kappa shape index (κ3) is 3.99. The van der Waals surface area contributed by atoms with E-state index in [9.17, 15) is 16.8 Å². The first-order chi connectivity index (χ1) is 11.7. The van der Waals surface area contributed by atoms with Gasteiger partial charge in [-0.2, -0.15) is 4.31 Å². The summed E-state index contributed by atoms with van der Waals surface area (Å²) in [7, 11) is -6.67. The van der Waals surface area contributed by atoms with Crippen molar-refractivity contribution >= 4 is 19.9 Å². The van der Waals surface area contributed by atoms with Gasteiger partial charge in [-0.05, 0) is 13.0 Å². The molecule has 0 aromatic heterocycles. The van der Waals surface area contributed by atoms with E-state index in [1.54, 1.807) is 0 Å². The Balaban J connectivity index is 1.87. The summed E-state index contributed by atoms with van der Waals surface area (Å²) in [6.07, 6.45) is 1.15. The first-order valence-corrected chi connectivity index (χ1v) is 12.0. The van der Waals surface area contributed by atoms with E-state index in [0.717, 1.165) is 17.6 Å². The predicted molar refractivity (Wildman–Crippen MR) is 95.8 cm³/mol. The zero-order valence-electron chi connectivity index (χ0n) is 14.5. The third-order valence-electron chi connectivity index (χ3n) is 4.81. The summed E-state index contributed by atoms with van der Waals surface area (Å²) in [5, 5.41) is 0. The Hall–Kier alpha value is -1.16. The third-order valence-corrected chi connectivity index (χ3v) is 7.82. The van der Waals surface area contributed by atoms with Crippen LogP contribution in [0, 0.1) is 0 Å². The number of nitrogens with zero attached hydrogens (tertiary/aromatic N) is 2. The summed E-state index contributed by atoms with van der Waals surface area (Å²) in [5.74, 6) is 0.683. The summed E-state index contributed by atoms with van der Waals surface area (Å²) in [6, 6.07) is 6.86. The topological polar surface area (TPSA) is 84.0 Å². The zero-order valence-corrected chi connectivity index (χ0v) is 16.1. The minimum absolute atomic E-state index is 0.000485. The molecule has 2 heterocycles. The molecule has 9 heteroatoms. The first-order valence-electron chi connectivity index (χ1n) is 8.33. The summed E-state index contributed by atoms with van der Waals surface area (Å²) in [4.78, 5) is 2.08. The zero-order chi connectivity index (χ0) is 18.2.